The molecule has 108 valence electrons. The molecule has 0 aliphatic heterocycles. The first kappa shape index (κ1) is 14.8. The molecule has 1 aromatic heterocycles. The van der Waals surface area contributed by atoms with E-state index in [4.69, 9.17) is 17.3 Å². The van der Waals surface area contributed by atoms with Gasteiger partial charge in [0.25, 0.3) is 0 Å². The van der Waals surface area contributed by atoms with Crippen molar-refractivity contribution >= 4 is 11.6 Å². The minimum absolute atomic E-state index is 0.00571. The lowest BCUT2D eigenvalue weighted by molar-refractivity contribution is -0.137. The monoisotopic (exact) mass is 304 g/mol. The number of aryl methyl sites for hydroxylation is 1. The Morgan fingerprint density at radius 2 is 2.00 bits per heavy atom. The Bertz CT molecular complexity index is 595. The predicted octanol–water partition coefficient (Wildman–Crippen LogP) is 2.83. The highest BCUT2D eigenvalue weighted by Gasteiger charge is 2.31. The Morgan fingerprint density at radius 1 is 1.25 bits per heavy atom. The van der Waals surface area contributed by atoms with Crippen LogP contribution >= 0.6 is 11.6 Å². The van der Waals surface area contributed by atoms with Crippen molar-refractivity contribution in [3.05, 3.63) is 40.7 Å². The van der Waals surface area contributed by atoms with Crippen LogP contribution in [0.4, 0.5) is 13.2 Å². The maximum Gasteiger partial charge on any atom is 0.416 e. The molecular formula is C12H12ClF3N4. The average molecular weight is 305 g/mol. The van der Waals surface area contributed by atoms with Crippen LogP contribution < -0.4 is 5.73 Å². The number of alkyl halides is 3. The zero-order chi connectivity index (χ0) is 14.8. The minimum atomic E-state index is -4.46. The summed E-state index contributed by atoms with van der Waals surface area (Å²) in [6.45, 7) is 0.516. The molecule has 2 N–H and O–H groups in total. The summed E-state index contributed by atoms with van der Waals surface area (Å²) >= 11 is 5.72. The molecule has 0 saturated heterocycles. The summed E-state index contributed by atoms with van der Waals surface area (Å²) in [5.41, 5.74) is 5.45. The molecule has 0 amide bonds. The lowest BCUT2D eigenvalue weighted by Crippen LogP contribution is -2.06. The van der Waals surface area contributed by atoms with Crippen LogP contribution in [-0.2, 0) is 12.6 Å². The fourth-order valence-electron chi connectivity index (χ4n) is 1.69. The number of rotatable bonds is 4. The van der Waals surface area contributed by atoms with E-state index in [-0.39, 0.29) is 10.7 Å². The smallest absolute Gasteiger partial charge is 0.330 e. The van der Waals surface area contributed by atoms with Gasteiger partial charge >= 0.3 is 6.18 Å². The van der Waals surface area contributed by atoms with Gasteiger partial charge in [0.2, 0.25) is 0 Å². The molecule has 0 saturated carbocycles. The van der Waals surface area contributed by atoms with Gasteiger partial charge < -0.3 is 5.73 Å². The molecule has 0 aliphatic carbocycles. The zero-order valence-corrected chi connectivity index (χ0v) is 11.1. The first-order chi connectivity index (χ1) is 9.40. The number of hydrogen-bond acceptors (Lipinski definition) is 3. The summed E-state index contributed by atoms with van der Waals surface area (Å²) in [4.78, 5) is 0. The fraction of sp³-hybridized carbons (Fsp3) is 0.333. The minimum Gasteiger partial charge on any atom is -0.330 e. The van der Waals surface area contributed by atoms with Crippen molar-refractivity contribution in [3.8, 4) is 5.69 Å². The summed E-state index contributed by atoms with van der Waals surface area (Å²) in [6.07, 6.45) is -1.52. The molecule has 1 heterocycles. The van der Waals surface area contributed by atoms with Crippen LogP contribution in [0.1, 0.15) is 17.7 Å². The highest BCUT2D eigenvalue weighted by molar-refractivity contribution is 6.30. The third kappa shape index (κ3) is 3.49. The fourth-order valence-corrected chi connectivity index (χ4v) is 1.92. The lowest BCUT2D eigenvalue weighted by Gasteiger charge is -2.09. The van der Waals surface area contributed by atoms with Crippen LogP contribution in [0.5, 0.6) is 0 Å². The molecule has 8 heteroatoms. The number of halogens is 4. The third-order valence-electron chi connectivity index (χ3n) is 2.65. The number of nitrogens with two attached hydrogens (primary N) is 1. The maximum absolute atomic E-state index is 12.7. The number of benzene rings is 1. The van der Waals surface area contributed by atoms with Crippen molar-refractivity contribution in [2.75, 3.05) is 6.54 Å². The highest BCUT2D eigenvalue weighted by atomic mass is 35.5. The second-order valence-electron chi connectivity index (χ2n) is 4.24. The standard InChI is InChI=1S/C12H12ClF3N4/c13-9-4-8(12(14,15)16)5-11(6-9)20-7-10(18-19-20)2-1-3-17/h4-7H,1-3,17H2. The second kappa shape index (κ2) is 5.80. The van der Waals surface area contributed by atoms with Gasteiger partial charge in [-0.1, -0.05) is 16.8 Å². The Kier molecular flexibility index (Phi) is 4.29. The molecule has 0 radical (unpaired) electrons. The van der Waals surface area contributed by atoms with Gasteiger partial charge in [0.15, 0.2) is 0 Å². The maximum atomic E-state index is 12.7. The van der Waals surface area contributed by atoms with E-state index in [1.54, 1.807) is 6.20 Å². The van der Waals surface area contributed by atoms with Gasteiger partial charge in [-0.05, 0) is 37.6 Å². The van der Waals surface area contributed by atoms with E-state index in [0.29, 0.717) is 18.7 Å². The quantitative estimate of drug-likeness (QED) is 0.945. The van der Waals surface area contributed by atoms with Crippen LogP contribution in [0.25, 0.3) is 5.69 Å². The topological polar surface area (TPSA) is 56.7 Å². The van der Waals surface area contributed by atoms with Crippen molar-refractivity contribution in [1.82, 2.24) is 15.0 Å². The van der Waals surface area contributed by atoms with Crippen molar-refractivity contribution in [2.45, 2.75) is 19.0 Å². The first-order valence-corrected chi connectivity index (χ1v) is 6.27. The van der Waals surface area contributed by atoms with Gasteiger partial charge in [-0.25, -0.2) is 4.68 Å². The van der Waals surface area contributed by atoms with Gasteiger partial charge in [-0.3, -0.25) is 0 Å². The van der Waals surface area contributed by atoms with Gasteiger partial charge in [0, 0.05) is 5.02 Å². The number of aromatic nitrogens is 3. The van der Waals surface area contributed by atoms with Crippen LogP contribution in [0.2, 0.25) is 5.02 Å². The Labute approximate surface area is 118 Å². The van der Waals surface area contributed by atoms with Gasteiger partial charge in [0.05, 0.1) is 23.1 Å². The van der Waals surface area contributed by atoms with Crippen LogP contribution in [-0.4, -0.2) is 21.5 Å². The second-order valence-corrected chi connectivity index (χ2v) is 4.68. The summed E-state index contributed by atoms with van der Waals surface area (Å²) in [7, 11) is 0. The number of nitrogens with zero attached hydrogens (tertiary/aromatic N) is 3. The Hall–Kier alpha value is -1.60. The Balaban J connectivity index is 2.32. The van der Waals surface area contributed by atoms with Gasteiger partial charge in [-0.15, -0.1) is 5.10 Å². The molecule has 0 spiro atoms. The molecule has 0 atom stereocenters. The SMILES string of the molecule is NCCCc1cn(-c2cc(Cl)cc(C(F)(F)F)c2)nn1. The lowest BCUT2D eigenvalue weighted by atomic mass is 10.2. The Morgan fingerprint density at radius 3 is 2.65 bits per heavy atom. The normalized spacial score (nSPS) is 11.8. The van der Waals surface area contributed by atoms with E-state index in [2.05, 4.69) is 10.3 Å². The van der Waals surface area contributed by atoms with Gasteiger partial charge in [-0.2, -0.15) is 13.2 Å². The van der Waals surface area contributed by atoms with E-state index < -0.39 is 11.7 Å². The summed E-state index contributed by atoms with van der Waals surface area (Å²) in [5.74, 6) is 0. The largest absolute Gasteiger partial charge is 0.416 e. The van der Waals surface area contributed by atoms with E-state index in [1.165, 1.54) is 10.7 Å². The van der Waals surface area contributed by atoms with E-state index in [0.717, 1.165) is 18.6 Å². The summed E-state index contributed by atoms with van der Waals surface area (Å²) in [5, 5.41) is 7.68. The van der Waals surface area contributed by atoms with Crippen LogP contribution in [0, 0.1) is 0 Å². The van der Waals surface area contributed by atoms with Gasteiger partial charge in [0.1, 0.15) is 0 Å². The number of hydrogen-bond donors (Lipinski definition) is 1. The third-order valence-corrected chi connectivity index (χ3v) is 2.87. The molecule has 2 rings (SSSR count). The summed E-state index contributed by atoms with van der Waals surface area (Å²) < 4.78 is 39.4. The van der Waals surface area contributed by atoms with E-state index in [9.17, 15) is 13.2 Å². The average Bonchev–Trinajstić information content (AvgIpc) is 2.83. The van der Waals surface area contributed by atoms with E-state index >= 15 is 0 Å². The molecule has 2 aromatic rings. The van der Waals surface area contributed by atoms with Crippen LogP contribution in [0.3, 0.4) is 0 Å². The molecule has 0 aliphatic rings. The van der Waals surface area contributed by atoms with Crippen LogP contribution in [0.15, 0.2) is 24.4 Å². The molecule has 0 fully saturated rings. The molecule has 4 nitrogen and oxygen atoms in total. The highest BCUT2D eigenvalue weighted by Crippen LogP contribution is 2.32. The van der Waals surface area contributed by atoms with Crippen molar-refractivity contribution in [2.24, 2.45) is 5.73 Å². The van der Waals surface area contributed by atoms with Crippen molar-refractivity contribution < 1.29 is 13.2 Å². The van der Waals surface area contributed by atoms with Crippen molar-refractivity contribution in [3.63, 3.8) is 0 Å². The molecular weight excluding hydrogens is 293 g/mol. The molecule has 0 unspecified atom stereocenters. The predicted molar refractivity (Wildman–Crippen MR) is 68.7 cm³/mol. The molecule has 0 bridgehead atoms. The molecule has 20 heavy (non-hydrogen) atoms. The van der Waals surface area contributed by atoms with Crippen molar-refractivity contribution in [1.29, 1.82) is 0 Å². The first-order valence-electron chi connectivity index (χ1n) is 5.89. The van der Waals surface area contributed by atoms with E-state index in [1.807, 2.05) is 0 Å². The zero-order valence-electron chi connectivity index (χ0n) is 10.4. The summed E-state index contributed by atoms with van der Waals surface area (Å²) in [6, 6.07) is 3.25. The molecule has 1 aromatic carbocycles.